The second-order valence-electron chi connectivity index (χ2n) is 7.25. The molecular formula is C21H22N7+. The van der Waals surface area contributed by atoms with Crippen molar-refractivity contribution in [1.82, 2.24) is 24.5 Å². The van der Waals surface area contributed by atoms with Gasteiger partial charge in [-0.15, -0.1) is 10.2 Å². The Balaban J connectivity index is 1.38. The number of nitrogens with one attached hydrogen (secondary N) is 1. The van der Waals surface area contributed by atoms with Crippen LogP contribution >= 0.6 is 0 Å². The molecule has 0 bridgehead atoms. The average molecular weight is 372 g/mol. The minimum absolute atomic E-state index is 0.555. The van der Waals surface area contributed by atoms with Gasteiger partial charge in [0.25, 0.3) is 0 Å². The lowest BCUT2D eigenvalue weighted by Gasteiger charge is -2.07. The molecular weight excluding hydrogens is 350 g/mol. The summed E-state index contributed by atoms with van der Waals surface area (Å²) in [5.41, 5.74) is 8.92. The van der Waals surface area contributed by atoms with Crippen molar-refractivity contribution in [1.29, 1.82) is 0 Å². The van der Waals surface area contributed by atoms with Gasteiger partial charge in [-0.3, -0.25) is 4.68 Å². The molecule has 3 heterocycles. The van der Waals surface area contributed by atoms with E-state index in [0.29, 0.717) is 6.04 Å². The van der Waals surface area contributed by atoms with Gasteiger partial charge in [0.15, 0.2) is 18.2 Å². The minimum Gasteiger partial charge on any atom is -0.310 e. The molecule has 5 rings (SSSR count). The molecule has 3 aromatic heterocycles. The zero-order valence-electron chi connectivity index (χ0n) is 15.9. The lowest BCUT2D eigenvalue weighted by atomic mass is 10.1. The van der Waals surface area contributed by atoms with Gasteiger partial charge in [0, 0.05) is 42.0 Å². The first-order valence-electron chi connectivity index (χ1n) is 9.46. The predicted octanol–water partition coefficient (Wildman–Crippen LogP) is 3.15. The van der Waals surface area contributed by atoms with E-state index >= 15 is 0 Å². The van der Waals surface area contributed by atoms with E-state index in [2.05, 4.69) is 56.5 Å². The van der Waals surface area contributed by atoms with E-state index in [1.165, 1.54) is 12.8 Å². The minimum atomic E-state index is 0.555. The summed E-state index contributed by atoms with van der Waals surface area (Å²) in [5.74, 6) is 0.929. The van der Waals surface area contributed by atoms with Crippen molar-refractivity contribution in [2.45, 2.75) is 25.8 Å². The van der Waals surface area contributed by atoms with E-state index in [1.807, 2.05) is 53.5 Å². The Kier molecular flexibility index (Phi) is 3.93. The van der Waals surface area contributed by atoms with Gasteiger partial charge in [-0.05, 0) is 37.5 Å². The third kappa shape index (κ3) is 3.05. The van der Waals surface area contributed by atoms with E-state index in [-0.39, 0.29) is 0 Å². The molecule has 0 unspecified atom stereocenters. The van der Waals surface area contributed by atoms with Crippen LogP contribution in [0.3, 0.4) is 0 Å². The molecule has 4 aromatic rings. The highest BCUT2D eigenvalue weighted by molar-refractivity contribution is 5.64. The van der Waals surface area contributed by atoms with Gasteiger partial charge in [0.1, 0.15) is 6.33 Å². The topological polar surface area (TPSA) is 64.4 Å². The number of benzene rings is 1. The molecule has 1 aliphatic rings. The van der Waals surface area contributed by atoms with Crippen molar-refractivity contribution in [3.63, 3.8) is 0 Å². The van der Waals surface area contributed by atoms with Crippen LogP contribution in [-0.2, 0) is 7.05 Å². The number of pyridine rings is 1. The van der Waals surface area contributed by atoms with Gasteiger partial charge < -0.3 is 4.57 Å². The standard InChI is InChI=1S/C21H22N7/c1-15-20(13-23-26(15)2)16-8-10-27(11-9-16)25-18-5-3-4-17(12-18)21-24-22-14-28(21)19-6-7-19/h3-5,8-14,19,25H,6-7H2,1-2H3/q+1. The largest absolute Gasteiger partial charge is 0.310 e. The number of hydrogen-bond acceptors (Lipinski definition) is 4. The molecule has 0 saturated heterocycles. The zero-order valence-corrected chi connectivity index (χ0v) is 15.9. The maximum atomic E-state index is 4.32. The Morgan fingerprint density at radius 1 is 1.11 bits per heavy atom. The van der Waals surface area contributed by atoms with Crippen LogP contribution in [-0.4, -0.2) is 24.5 Å². The number of aryl methyl sites for hydroxylation is 1. The number of nitrogens with zero attached hydrogens (tertiary/aromatic N) is 6. The summed E-state index contributed by atoms with van der Waals surface area (Å²) in [4.78, 5) is 0. The molecule has 28 heavy (non-hydrogen) atoms. The van der Waals surface area contributed by atoms with Gasteiger partial charge in [-0.1, -0.05) is 16.8 Å². The van der Waals surface area contributed by atoms with Crippen molar-refractivity contribution in [2.75, 3.05) is 5.43 Å². The van der Waals surface area contributed by atoms with Crippen molar-refractivity contribution in [3.05, 3.63) is 67.0 Å². The number of anilines is 1. The molecule has 0 aliphatic heterocycles. The van der Waals surface area contributed by atoms with E-state index < -0.39 is 0 Å². The van der Waals surface area contributed by atoms with Crippen LogP contribution in [0.25, 0.3) is 22.5 Å². The van der Waals surface area contributed by atoms with Gasteiger partial charge in [-0.2, -0.15) is 10.5 Å². The highest BCUT2D eigenvalue weighted by atomic mass is 15.4. The molecule has 1 aliphatic carbocycles. The van der Waals surface area contributed by atoms with Crippen LogP contribution in [0.5, 0.6) is 0 Å². The molecule has 1 N–H and O–H groups in total. The van der Waals surface area contributed by atoms with E-state index in [4.69, 9.17) is 0 Å². The normalized spacial score (nSPS) is 13.6. The van der Waals surface area contributed by atoms with Gasteiger partial charge >= 0.3 is 0 Å². The molecule has 0 amide bonds. The van der Waals surface area contributed by atoms with Crippen LogP contribution in [0.2, 0.25) is 0 Å². The summed E-state index contributed by atoms with van der Waals surface area (Å²) < 4.78 is 6.01. The lowest BCUT2D eigenvalue weighted by Crippen LogP contribution is -2.41. The first-order chi connectivity index (χ1) is 13.7. The Hall–Kier alpha value is -3.48. The van der Waals surface area contributed by atoms with Gasteiger partial charge in [-0.25, -0.2) is 0 Å². The Morgan fingerprint density at radius 2 is 1.93 bits per heavy atom. The smallest absolute Gasteiger partial charge is 0.200 e. The van der Waals surface area contributed by atoms with Crippen LogP contribution in [0.4, 0.5) is 5.69 Å². The van der Waals surface area contributed by atoms with Gasteiger partial charge in [0.05, 0.1) is 11.9 Å². The molecule has 140 valence electrons. The molecule has 7 nitrogen and oxygen atoms in total. The van der Waals surface area contributed by atoms with Crippen LogP contribution in [0, 0.1) is 6.92 Å². The van der Waals surface area contributed by atoms with Crippen LogP contribution in [0.1, 0.15) is 24.6 Å². The third-order valence-electron chi connectivity index (χ3n) is 5.27. The van der Waals surface area contributed by atoms with Crippen molar-refractivity contribution in [3.8, 4) is 22.5 Å². The molecule has 1 saturated carbocycles. The van der Waals surface area contributed by atoms with Crippen molar-refractivity contribution in [2.24, 2.45) is 7.05 Å². The first kappa shape index (κ1) is 16.7. The fourth-order valence-electron chi connectivity index (χ4n) is 3.41. The number of hydrogen-bond donors (Lipinski definition) is 1. The summed E-state index contributed by atoms with van der Waals surface area (Å²) in [5, 5.41) is 12.7. The molecule has 0 spiro atoms. The predicted molar refractivity (Wildman–Crippen MR) is 106 cm³/mol. The summed E-state index contributed by atoms with van der Waals surface area (Å²) in [7, 11) is 1.96. The van der Waals surface area contributed by atoms with Gasteiger partial charge in [0.2, 0.25) is 0 Å². The van der Waals surface area contributed by atoms with E-state index in [0.717, 1.165) is 33.9 Å². The summed E-state index contributed by atoms with van der Waals surface area (Å²) in [6, 6.07) is 13.0. The molecule has 7 heteroatoms. The lowest BCUT2D eigenvalue weighted by molar-refractivity contribution is -0.642. The summed E-state index contributed by atoms with van der Waals surface area (Å²) in [6.45, 7) is 2.08. The van der Waals surface area contributed by atoms with E-state index in [1.54, 1.807) is 0 Å². The Labute approximate surface area is 163 Å². The molecule has 1 aromatic carbocycles. The quantitative estimate of drug-likeness (QED) is 0.547. The zero-order chi connectivity index (χ0) is 19.1. The molecule has 0 radical (unpaired) electrons. The number of aromatic nitrogens is 6. The Bertz CT molecular complexity index is 1120. The fourth-order valence-corrected chi connectivity index (χ4v) is 3.41. The summed E-state index contributed by atoms with van der Waals surface area (Å²) >= 11 is 0. The van der Waals surface area contributed by atoms with Crippen LogP contribution < -0.4 is 10.1 Å². The Morgan fingerprint density at radius 3 is 2.64 bits per heavy atom. The highest BCUT2D eigenvalue weighted by Crippen LogP contribution is 2.37. The molecule has 1 fully saturated rings. The monoisotopic (exact) mass is 372 g/mol. The third-order valence-corrected chi connectivity index (χ3v) is 5.27. The fraction of sp³-hybridized carbons (Fsp3) is 0.238. The summed E-state index contributed by atoms with van der Waals surface area (Å²) in [6.07, 6.45) is 10.2. The highest BCUT2D eigenvalue weighted by Gasteiger charge is 2.26. The van der Waals surface area contributed by atoms with Crippen molar-refractivity contribution < 1.29 is 4.68 Å². The number of rotatable bonds is 5. The van der Waals surface area contributed by atoms with Crippen LogP contribution in [0.15, 0.2) is 61.3 Å². The first-order valence-corrected chi connectivity index (χ1v) is 9.46. The second-order valence-corrected chi connectivity index (χ2v) is 7.25. The molecule has 0 atom stereocenters. The van der Waals surface area contributed by atoms with E-state index in [9.17, 15) is 0 Å². The maximum Gasteiger partial charge on any atom is 0.200 e. The SMILES string of the molecule is Cc1c(-c2cc[n+](Nc3cccc(-c4nncn4C4CC4)c3)cc2)cnn1C. The second kappa shape index (κ2) is 6.60. The van der Waals surface area contributed by atoms with Crippen molar-refractivity contribution >= 4 is 5.69 Å². The maximum absolute atomic E-state index is 4.32. The average Bonchev–Trinajstić information content (AvgIpc) is 3.35.